The number of nitrogens with one attached hydrogen (secondary N) is 1. The Bertz CT molecular complexity index is 954. The maximum absolute atomic E-state index is 11.9. The van der Waals surface area contributed by atoms with Gasteiger partial charge in [-0.15, -0.1) is 0 Å². The number of benzene rings is 2. The van der Waals surface area contributed by atoms with Gasteiger partial charge in [0, 0.05) is 17.2 Å². The van der Waals surface area contributed by atoms with Gasteiger partial charge in [0.05, 0.1) is 26.5 Å². The molecule has 27 heavy (non-hydrogen) atoms. The summed E-state index contributed by atoms with van der Waals surface area (Å²) in [7, 11) is 0. The van der Waals surface area contributed by atoms with Crippen LogP contribution in [-0.4, -0.2) is 22.3 Å². The zero-order valence-electron chi connectivity index (χ0n) is 13.1. The van der Waals surface area contributed by atoms with Crippen LogP contribution in [0.15, 0.2) is 30.3 Å². The Labute approximate surface area is 161 Å². The zero-order chi connectivity index (χ0) is 20.1. The minimum absolute atomic E-state index is 0.0260. The number of hydrogen-bond acceptors (Lipinski definition) is 7. The van der Waals surface area contributed by atoms with Crippen molar-refractivity contribution in [3.63, 3.8) is 0 Å². The molecule has 0 unspecified atom stereocenters. The van der Waals surface area contributed by atoms with Crippen LogP contribution < -0.4 is 10.1 Å². The van der Waals surface area contributed by atoms with Crippen LogP contribution in [0.1, 0.15) is 10.4 Å². The van der Waals surface area contributed by atoms with E-state index in [-0.39, 0.29) is 27.9 Å². The quantitative estimate of drug-likeness (QED) is 0.431. The maximum atomic E-state index is 11.9. The van der Waals surface area contributed by atoms with Crippen molar-refractivity contribution in [1.82, 2.24) is 5.32 Å². The number of nitro benzene ring substituents is 2. The van der Waals surface area contributed by atoms with E-state index < -0.39 is 32.9 Å². The number of carbonyl (C=O) groups excluding carboxylic acids is 1. The molecule has 138 valence electrons. The molecule has 10 nitrogen and oxygen atoms in total. The van der Waals surface area contributed by atoms with Crippen LogP contribution in [0, 0.1) is 31.6 Å². The first-order valence-electron chi connectivity index (χ1n) is 6.99. The normalized spacial score (nSPS) is 9.96. The lowest BCUT2D eigenvalue weighted by molar-refractivity contribution is -0.395. The van der Waals surface area contributed by atoms with Crippen molar-refractivity contribution < 1.29 is 19.4 Å². The highest BCUT2D eigenvalue weighted by Crippen LogP contribution is 2.42. The Morgan fingerprint density at radius 3 is 2.22 bits per heavy atom. The molecule has 0 aromatic heterocycles. The molecule has 0 bridgehead atoms. The van der Waals surface area contributed by atoms with E-state index in [0.717, 1.165) is 12.1 Å². The highest BCUT2D eigenvalue weighted by Gasteiger charge is 2.31. The minimum Gasteiger partial charge on any atom is -0.443 e. The summed E-state index contributed by atoms with van der Waals surface area (Å²) in [5.74, 6) is -1.70. The van der Waals surface area contributed by atoms with Crippen LogP contribution >= 0.6 is 23.2 Å². The molecule has 0 fully saturated rings. The van der Waals surface area contributed by atoms with Gasteiger partial charge in [-0.1, -0.05) is 23.2 Å². The molecular weight excluding hydrogens is 403 g/mol. The van der Waals surface area contributed by atoms with Crippen LogP contribution in [0.25, 0.3) is 0 Å². The molecule has 0 radical (unpaired) electrons. The first-order valence-corrected chi connectivity index (χ1v) is 7.75. The van der Waals surface area contributed by atoms with Crippen LogP contribution in [-0.2, 0) is 0 Å². The molecule has 1 N–H and O–H groups in total. The molecule has 0 aliphatic rings. The van der Waals surface area contributed by atoms with Crippen LogP contribution in [0.4, 0.5) is 11.4 Å². The second-order valence-electron chi connectivity index (χ2n) is 4.88. The molecule has 2 aromatic rings. The van der Waals surface area contributed by atoms with Crippen LogP contribution in [0.3, 0.4) is 0 Å². The first kappa shape index (κ1) is 19.9. The fraction of sp³-hybridized carbons (Fsp3) is 0.0667. The summed E-state index contributed by atoms with van der Waals surface area (Å²) in [6, 6.07) is 7.21. The Hall–Kier alpha value is -3.42. The molecule has 2 aromatic carbocycles. The Kier molecular flexibility index (Phi) is 6.12. The van der Waals surface area contributed by atoms with E-state index in [9.17, 15) is 25.0 Å². The number of hydrogen-bond donors (Lipinski definition) is 1. The standard InChI is InChI=1S/C15H8Cl2N4O6/c16-9-1-2-13(10(17)7-9)27-14-11(20(23)24)5-8(6-12(14)21(25)26)15(22)19-4-3-18/h1-2,5-7H,4H2,(H,19,22). The monoisotopic (exact) mass is 410 g/mol. The average Bonchev–Trinajstić information content (AvgIpc) is 2.61. The third kappa shape index (κ3) is 4.60. The van der Waals surface area contributed by atoms with E-state index in [2.05, 4.69) is 5.32 Å². The molecule has 0 heterocycles. The molecule has 0 aliphatic heterocycles. The maximum Gasteiger partial charge on any atom is 0.319 e. The lowest BCUT2D eigenvalue weighted by atomic mass is 10.1. The summed E-state index contributed by atoms with van der Waals surface area (Å²) in [5.41, 5.74) is -2.02. The molecule has 0 saturated heterocycles. The molecule has 0 spiro atoms. The third-order valence-corrected chi connectivity index (χ3v) is 3.67. The minimum atomic E-state index is -0.937. The number of nitrogens with zero attached hydrogens (tertiary/aromatic N) is 3. The molecule has 0 saturated carbocycles. The van der Waals surface area contributed by atoms with Gasteiger partial charge in [0.1, 0.15) is 12.3 Å². The molecular formula is C15H8Cl2N4O6. The van der Waals surface area contributed by atoms with Gasteiger partial charge in [-0.3, -0.25) is 25.0 Å². The van der Waals surface area contributed by atoms with E-state index in [1.807, 2.05) is 0 Å². The van der Waals surface area contributed by atoms with Gasteiger partial charge >= 0.3 is 11.4 Å². The van der Waals surface area contributed by atoms with Gasteiger partial charge in [0.25, 0.3) is 11.7 Å². The lowest BCUT2D eigenvalue weighted by Gasteiger charge is -2.10. The molecule has 12 heteroatoms. The fourth-order valence-electron chi connectivity index (χ4n) is 2.00. The summed E-state index contributed by atoms with van der Waals surface area (Å²) in [5, 5.41) is 33.6. The predicted molar refractivity (Wildman–Crippen MR) is 94.2 cm³/mol. The van der Waals surface area contributed by atoms with Gasteiger partial charge in [0.15, 0.2) is 0 Å². The number of rotatable bonds is 6. The smallest absolute Gasteiger partial charge is 0.319 e. The second kappa shape index (κ2) is 8.31. The van der Waals surface area contributed by atoms with Crippen molar-refractivity contribution in [1.29, 1.82) is 5.26 Å². The highest BCUT2D eigenvalue weighted by atomic mass is 35.5. The van der Waals surface area contributed by atoms with E-state index >= 15 is 0 Å². The summed E-state index contributed by atoms with van der Waals surface area (Å²) >= 11 is 11.7. The summed E-state index contributed by atoms with van der Waals surface area (Å²) < 4.78 is 5.31. The summed E-state index contributed by atoms with van der Waals surface area (Å²) in [6.07, 6.45) is 0. The van der Waals surface area contributed by atoms with Crippen LogP contribution in [0.5, 0.6) is 11.5 Å². The Morgan fingerprint density at radius 1 is 1.15 bits per heavy atom. The lowest BCUT2D eigenvalue weighted by Crippen LogP contribution is -2.23. The SMILES string of the molecule is N#CCNC(=O)c1cc([N+](=O)[O-])c(Oc2ccc(Cl)cc2Cl)c([N+](=O)[O-])c1. The van der Waals surface area contributed by atoms with Gasteiger partial charge in [-0.05, 0) is 18.2 Å². The van der Waals surface area contributed by atoms with Crippen molar-refractivity contribution in [3.8, 4) is 17.6 Å². The molecule has 0 atom stereocenters. The van der Waals surface area contributed by atoms with Gasteiger partial charge < -0.3 is 10.1 Å². The fourth-order valence-corrected chi connectivity index (χ4v) is 2.44. The Morgan fingerprint density at radius 2 is 1.74 bits per heavy atom. The van der Waals surface area contributed by atoms with Gasteiger partial charge in [-0.2, -0.15) is 5.26 Å². The second-order valence-corrected chi connectivity index (χ2v) is 5.72. The Balaban J connectivity index is 2.61. The van der Waals surface area contributed by atoms with Crippen molar-refractivity contribution in [3.05, 3.63) is 66.2 Å². The number of ether oxygens (including phenoxy) is 1. The van der Waals surface area contributed by atoms with Crippen molar-refractivity contribution >= 4 is 40.5 Å². The largest absolute Gasteiger partial charge is 0.443 e. The summed E-state index contributed by atoms with van der Waals surface area (Å²) in [4.78, 5) is 32.8. The zero-order valence-corrected chi connectivity index (χ0v) is 14.7. The number of nitriles is 1. The molecule has 2 rings (SSSR count). The van der Waals surface area contributed by atoms with Gasteiger partial charge in [-0.25, -0.2) is 0 Å². The van der Waals surface area contributed by atoms with Crippen molar-refractivity contribution in [2.24, 2.45) is 0 Å². The number of nitro groups is 2. The van der Waals surface area contributed by atoms with E-state index in [1.165, 1.54) is 18.2 Å². The van der Waals surface area contributed by atoms with Crippen molar-refractivity contribution in [2.45, 2.75) is 0 Å². The predicted octanol–water partition coefficient (Wildman–Crippen LogP) is 3.86. The molecule has 0 aliphatic carbocycles. The number of carbonyl (C=O) groups is 1. The topological polar surface area (TPSA) is 148 Å². The summed E-state index contributed by atoms with van der Waals surface area (Å²) in [6.45, 7) is -0.376. The van der Waals surface area contributed by atoms with E-state index in [4.69, 9.17) is 33.2 Å². The number of amides is 1. The highest BCUT2D eigenvalue weighted by molar-refractivity contribution is 6.35. The van der Waals surface area contributed by atoms with E-state index in [0.29, 0.717) is 0 Å². The third-order valence-electron chi connectivity index (χ3n) is 3.14. The number of halogens is 2. The van der Waals surface area contributed by atoms with Crippen molar-refractivity contribution in [2.75, 3.05) is 6.54 Å². The van der Waals surface area contributed by atoms with Gasteiger partial charge in [0.2, 0.25) is 0 Å². The first-order chi connectivity index (χ1) is 12.7. The molecule has 1 amide bonds. The van der Waals surface area contributed by atoms with E-state index in [1.54, 1.807) is 6.07 Å². The van der Waals surface area contributed by atoms with Crippen LogP contribution in [0.2, 0.25) is 10.0 Å². The average molecular weight is 411 g/mol.